The highest BCUT2D eigenvalue weighted by atomic mass is 79.9. The Morgan fingerprint density at radius 3 is 2.50 bits per heavy atom. The molecule has 0 spiro atoms. The molecular formula is C12H9BrClN3O3. The second-order valence-corrected chi connectivity index (χ2v) is 5.19. The van der Waals surface area contributed by atoms with Gasteiger partial charge in [0.15, 0.2) is 0 Å². The number of aromatic nitrogens is 2. The van der Waals surface area contributed by atoms with Crippen molar-refractivity contribution in [1.29, 1.82) is 0 Å². The number of aryl methyl sites for hydroxylation is 2. The van der Waals surface area contributed by atoms with Crippen LogP contribution in [-0.4, -0.2) is 14.9 Å². The maximum absolute atomic E-state index is 10.9. The third-order valence-corrected chi connectivity index (χ3v) is 3.96. The zero-order valence-electron chi connectivity index (χ0n) is 10.6. The van der Waals surface area contributed by atoms with E-state index in [0.717, 1.165) is 21.8 Å². The summed E-state index contributed by atoms with van der Waals surface area (Å²) in [6.07, 6.45) is 1.02. The summed E-state index contributed by atoms with van der Waals surface area (Å²) in [7, 11) is 0. The van der Waals surface area contributed by atoms with E-state index >= 15 is 0 Å². The Morgan fingerprint density at radius 2 is 1.95 bits per heavy atom. The van der Waals surface area contributed by atoms with Crippen LogP contribution in [0.5, 0.6) is 11.6 Å². The van der Waals surface area contributed by atoms with Crippen LogP contribution in [0.4, 0.5) is 5.69 Å². The van der Waals surface area contributed by atoms with E-state index in [1.807, 2.05) is 13.8 Å². The molecule has 0 N–H and O–H groups in total. The van der Waals surface area contributed by atoms with Crippen molar-refractivity contribution in [3.05, 3.63) is 49.3 Å². The van der Waals surface area contributed by atoms with Crippen molar-refractivity contribution in [3.63, 3.8) is 0 Å². The Balaban J connectivity index is 2.44. The third kappa shape index (κ3) is 3.05. The molecule has 0 aliphatic heterocycles. The Kier molecular flexibility index (Phi) is 4.20. The molecule has 0 saturated heterocycles. The molecule has 6 nitrogen and oxygen atoms in total. The molecule has 2 aromatic rings. The Bertz CT molecular complexity index is 671. The molecule has 0 atom stereocenters. The third-order valence-electron chi connectivity index (χ3n) is 2.53. The zero-order valence-corrected chi connectivity index (χ0v) is 12.9. The zero-order chi connectivity index (χ0) is 14.9. The van der Waals surface area contributed by atoms with Crippen molar-refractivity contribution in [3.8, 4) is 11.6 Å². The minimum atomic E-state index is -0.621. The van der Waals surface area contributed by atoms with Crippen LogP contribution in [-0.2, 0) is 0 Å². The maximum atomic E-state index is 10.9. The molecule has 0 aliphatic carbocycles. The summed E-state index contributed by atoms with van der Waals surface area (Å²) in [6, 6.07) is 3.49. The molecule has 0 fully saturated rings. The first-order valence-electron chi connectivity index (χ1n) is 5.50. The Hall–Kier alpha value is -1.73. The van der Waals surface area contributed by atoms with Crippen molar-refractivity contribution in [2.45, 2.75) is 13.8 Å². The fraction of sp³-hybridized carbons (Fsp3) is 0.167. The van der Waals surface area contributed by atoms with Gasteiger partial charge in [0, 0.05) is 4.47 Å². The predicted octanol–water partition coefficient (Wildman–Crippen LogP) is 4.21. The van der Waals surface area contributed by atoms with Crippen LogP contribution < -0.4 is 4.74 Å². The standard InChI is InChI=1S/C12H9BrClN3O3/c1-6-3-8(4-7(2)10(6)13)20-11-9(17(18)19)5-15-12(14)16-11/h3-5H,1-2H3. The van der Waals surface area contributed by atoms with E-state index in [-0.39, 0.29) is 16.9 Å². The van der Waals surface area contributed by atoms with Gasteiger partial charge in [-0.05, 0) is 48.7 Å². The number of nitrogens with zero attached hydrogens (tertiary/aromatic N) is 3. The van der Waals surface area contributed by atoms with E-state index < -0.39 is 4.92 Å². The van der Waals surface area contributed by atoms with Gasteiger partial charge in [-0.3, -0.25) is 10.1 Å². The average Bonchev–Trinajstić information content (AvgIpc) is 2.35. The summed E-state index contributed by atoms with van der Waals surface area (Å²) in [6.45, 7) is 3.79. The Labute approximate surface area is 128 Å². The van der Waals surface area contributed by atoms with Crippen LogP contribution in [0.25, 0.3) is 0 Å². The van der Waals surface area contributed by atoms with Gasteiger partial charge in [0.1, 0.15) is 11.9 Å². The summed E-state index contributed by atoms with van der Waals surface area (Å²) in [5, 5.41) is 10.8. The second-order valence-electron chi connectivity index (χ2n) is 4.06. The van der Waals surface area contributed by atoms with Crippen LogP contribution in [0.3, 0.4) is 0 Å². The number of benzene rings is 1. The number of halogens is 2. The minimum Gasteiger partial charge on any atom is -0.434 e. The molecule has 0 aliphatic rings. The van der Waals surface area contributed by atoms with Gasteiger partial charge in [-0.15, -0.1) is 0 Å². The smallest absolute Gasteiger partial charge is 0.349 e. The lowest BCUT2D eigenvalue weighted by Crippen LogP contribution is -1.98. The average molecular weight is 359 g/mol. The fourth-order valence-electron chi connectivity index (χ4n) is 1.62. The quantitative estimate of drug-likeness (QED) is 0.466. The van der Waals surface area contributed by atoms with Gasteiger partial charge in [0.05, 0.1) is 4.92 Å². The molecule has 0 bridgehead atoms. The molecule has 0 saturated carbocycles. The molecule has 0 amide bonds. The first-order valence-corrected chi connectivity index (χ1v) is 6.67. The van der Waals surface area contributed by atoms with Crippen molar-refractivity contribution in [1.82, 2.24) is 9.97 Å². The highest BCUT2D eigenvalue weighted by molar-refractivity contribution is 9.10. The Morgan fingerprint density at radius 1 is 1.35 bits per heavy atom. The summed E-state index contributed by atoms with van der Waals surface area (Å²) >= 11 is 9.08. The van der Waals surface area contributed by atoms with Crippen molar-refractivity contribution >= 4 is 33.2 Å². The van der Waals surface area contributed by atoms with E-state index in [1.165, 1.54) is 0 Å². The molecule has 2 rings (SSSR count). The summed E-state index contributed by atoms with van der Waals surface area (Å²) in [5.74, 6) is 0.261. The van der Waals surface area contributed by atoms with E-state index in [1.54, 1.807) is 12.1 Å². The van der Waals surface area contributed by atoms with Crippen LogP contribution in [0.2, 0.25) is 5.28 Å². The molecule has 1 heterocycles. The topological polar surface area (TPSA) is 78.2 Å². The lowest BCUT2D eigenvalue weighted by Gasteiger charge is -2.09. The van der Waals surface area contributed by atoms with Gasteiger partial charge in [0.25, 0.3) is 0 Å². The van der Waals surface area contributed by atoms with Crippen LogP contribution >= 0.6 is 27.5 Å². The predicted molar refractivity (Wildman–Crippen MR) is 77.4 cm³/mol. The lowest BCUT2D eigenvalue weighted by atomic mass is 10.1. The molecule has 104 valence electrons. The number of hydrogen-bond donors (Lipinski definition) is 0. The van der Waals surface area contributed by atoms with Crippen molar-refractivity contribution in [2.75, 3.05) is 0 Å². The SMILES string of the molecule is Cc1cc(Oc2nc(Cl)ncc2[N+](=O)[O-])cc(C)c1Br. The monoisotopic (exact) mass is 357 g/mol. The summed E-state index contributed by atoms with van der Waals surface area (Å²) in [5.41, 5.74) is 1.55. The maximum Gasteiger partial charge on any atom is 0.349 e. The van der Waals surface area contributed by atoms with Gasteiger partial charge in [0.2, 0.25) is 5.28 Å². The first-order chi connectivity index (χ1) is 9.38. The molecule has 0 radical (unpaired) electrons. The van der Waals surface area contributed by atoms with Crippen molar-refractivity contribution in [2.24, 2.45) is 0 Å². The molecule has 8 heteroatoms. The van der Waals surface area contributed by atoms with Crippen LogP contribution in [0.15, 0.2) is 22.8 Å². The minimum absolute atomic E-state index is 0.115. The van der Waals surface area contributed by atoms with Gasteiger partial charge in [-0.1, -0.05) is 15.9 Å². The molecular weight excluding hydrogens is 350 g/mol. The van der Waals surface area contributed by atoms with Crippen molar-refractivity contribution < 1.29 is 9.66 Å². The van der Waals surface area contributed by atoms with Gasteiger partial charge >= 0.3 is 11.6 Å². The van der Waals surface area contributed by atoms with Crippen LogP contribution in [0.1, 0.15) is 11.1 Å². The van der Waals surface area contributed by atoms with E-state index in [4.69, 9.17) is 16.3 Å². The van der Waals surface area contributed by atoms with Gasteiger partial charge < -0.3 is 4.74 Å². The highest BCUT2D eigenvalue weighted by Crippen LogP contribution is 2.32. The van der Waals surface area contributed by atoms with E-state index in [2.05, 4.69) is 25.9 Å². The lowest BCUT2D eigenvalue weighted by molar-refractivity contribution is -0.386. The van der Waals surface area contributed by atoms with Gasteiger partial charge in [-0.25, -0.2) is 4.98 Å². The van der Waals surface area contributed by atoms with Crippen LogP contribution in [0, 0.1) is 24.0 Å². The van der Waals surface area contributed by atoms with Gasteiger partial charge in [-0.2, -0.15) is 4.98 Å². The first kappa shape index (κ1) is 14.7. The van der Waals surface area contributed by atoms with E-state index in [0.29, 0.717) is 5.75 Å². The number of ether oxygens (including phenoxy) is 1. The second kappa shape index (κ2) is 5.72. The normalized spacial score (nSPS) is 10.4. The largest absolute Gasteiger partial charge is 0.434 e. The number of hydrogen-bond acceptors (Lipinski definition) is 5. The molecule has 1 aromatic carbocycles. The highest BCUT2D eigenvalue weighted by Gasteiger charge is 2.19. The molecule has 0 unspecified atom stereocenters. The van der Waals surface area contributed by atoms with E-state index in [9.17, 15) is 10.1 Å². The summed E-state index contributed by atoms with van der Waals surface area (Å²) < 4.78 is 6.43. The number of rotatable bonds is 3. The summed E-state index contributed by atoms with van der Waals surface area (Å²) in [4.78, 5) is 17.6. The molecule has 1 aromatic heterocycles. The number of nitro groups is 1. The molecule has 20 heavy (non-hydrogen) atoms. The fourth-order valence-corrected chi connectivity index (χ4v) is 1.97.